The Morgan fingerprint density at radius 2 is 1.85 bits per heavy atom. The van der Waals surface area contributed by atoms with Crippen molar-refractivity contribution in [1.29, 1.82) is 0 Å². The maximum atomic E-state index is 12.0. The van der Waals surface area contributed by atoms with Gasteiger partial charge in [0.05, 0.1) is 0 Å². The molecule has 0 saturated carbocycles. The fourth-order valence-electron chi connectivity index (χ4n) is 2.51. The third kappa shape index (κ3) is 4.62. The second-order valence-electron chi connectivity index (χ2n) is 5.66. The highest BCUT2D eigenvalue weighted by atomic mass is 16.2. The van der Waals surface area contributed by atoms with Crippen LogP contribution in [0.2, 0.25) is 0 Å². The van der Waals surface area contributed by atoms with Gasteiger partial charge in [0.1, 0.15) is 0 Å². The fourth-order valence-corrected chi connectivity index (χ4v) is 2.51. The molecular formula is C16H25N3O. The lowest BCUT2D eigenvalue weighted by Crippen LogP contribution is -2.48. The van der Waals surface area contributed by atoms with Gasteiger partial charge >= 0.3 is 0 Å². The van der Waals surface area contributed by atoms with E-state index < -0.39 is 0 Å². The molecule has 1 unspecified atom stereocenters. The van der Waals surface area contributed by atoms with Gasteiger partial charge in [0, 0.05) is 45.2 Å². The molecule has 1 heterocycles. The first-order valence-corrected chi connectivity index (χ1v) is 7.45. The molecule has 1 atom stereocenters. The molecule has 0 spiro atoms. The molecule has 1 aromatic rings. The summed E-state index contributed by atoms with van der Waals surface area (Å²) in [6.45, 7) is 6.51. The average molecular weight is 275 g/mol. The number of rotatable bonds is 5. The lowest BCUT2D eigenvalue weighted by molar-refractivity contribution is -0.133. The van der Waals surface area contributed by atoms with Crippen molar-refractivity contribution in [2.45, 2.75) is 32.4 Å². The third-order valence-electron chi connectivity index (χ3n) is 3.79. The summed E-state index contributed by atoms with van der Waals surface area (Å²) in [5.41, 5.74) is 7.04. The Bertz CT molecular complexity index is 411. The van der Waals surface area contributed by atoms with Gasteiger partial charge in [-0.2, -0.15) is 0 Å². The predicted molar refractivity (Wildman–Crippen MR) is 81.2 cm³/mol. The zero-order valence-electron chi connectivity index (χ0n) is 12.3. The maximum Gasteiger partial charge on any atom is 0.222 e. The molecule has 20 heavy (non-hydrogen) atoms. The highest BCUT2D eigenvalue weighted by molar-refractivity contribution is 5.76. The number of benzene rings is 1. The molecule has 4 heteroatoms. The largest absolute Gasteiger partial charge is 0.340 e. The third-order valence-corrected chi connectivity index (χ3v) is 3.79. The van der Waals surface area contributed by atoms with Crippen LogP contribution in [0.5, 0.6) is 0 Å². The van der Waals surface area contributed by atoms with Crippen LogP contribution in [0, 0.1) is 0 Å². The van der Waals surface area contributed by atoms with Gasteiger partial charge in [-0.3, -0.25) is 9.69 Å². The lowest BCUT2D eigenvalue weighted by Gasteiger charge is -2.35. The van der Waals surface area contributed by atoms with E-state index >= 15 is 0 Å². The topological polar surface area (TPSA) is 49.6 Å². The zero-order valence-corrected chi connectivity index (χ0v) is 12.3. The molecule has 1 aliphatic heterocycles. The summed E-state index contributed by atoms with van der Waals surface area (Å²) in [5, 5.41) is 0. The van der Waals surface area contributed by atoms with Crippen molar-refractivity contribution in [2.24, 2.45) is 5.73 Å². The number of hydrogen-bond donors (Lipinski definition) is 1. The van der Waals surface area contributed by atoms with Gasteiger partial charge in [-0.05, 0) is 18.9 Å². The molecule has 2 N–H and O–H groups in total. The number of nitrogens with two attached hydrogens (primary N) is 1. The first-order valence-electron chi connectivity index (χ1n) is 7.45. The summed E-state index contributed by atoms with van der Waals surface area (Å²) in [6, 6.07) is 10.6. The van der Waals surface area contributed by atoms with Gasteiger partial charge in [-0.25, -0.2) is 0 Å². The van der Waals surface area contributed by atoms with Crippen molar-refractivity contribution in [3.05, 3.63) is 35.9 Å². The average Bonchev–Trinajstić information content (AvgIpc) is 2.46. The highest BCUT2D eigenvalue weighted by Crippen LogP contribution is 2.10. The van der Waals surface area contributed by atoms with Crippen molar-refractivity contribution in [3.8, 4) is 0 Å². The second-order valence-corrected chi connectivity index (χ2v) is 5.66. The van der Waals surface area contributed by atoms with Crippen molar-refractivity contribution >= 4 is 5.91 Å². The Hall–Kier alpha value is -1.39. The molecule has 0 bridgehead atoms. The molecule has 0 aromatic heterocycles. The summed E-state index contributed by atoms with van der Waals surface area (Å²) < 4.78 is 0. The number of piperazine rings is 1. The maximum absolute atomic E-state index is 12.0. The normalized spacial score (nSPS) is 18.0. The van der Waals surface area contributed by atoms with Crippen molar-refractivity contribution in [2.75, 3.05) is 26.2 Å². The van der Waals surface area contributed by atoms with Crippen LogP contribution in [0.3, 0.4) is 0 Å². The minimum Gasteiger partial charge on any atom is -0.340 e. The van der Waals surface area contributed by atoms with Crippen molar-refractivity contribution in [3.63, 3.8) is 0 Å². The lowest BCUT2D eigenvalue weighted by atomic mass is 10.1. The Kier molecular flexibility index (Phi) is 5.56. The van der Waals surface area contributed by atoms with Crippen molar-refractivity contribution < 1.29 is 4.79 Å². The van der Waals surface area contributed by atoms with Crippen LogP contribution < -0.4 is 5.73 Å². The van der Waals surface area contributed by atoms with Gasteiger partial charge in [0.25, 0.3) is 0 Å². The molecule has 1 aromatic carbocycles. The number of nitrogens with zero attached hydrogens (tertiary/aromatic N) is 2. The molecule has 110 valence electrons. The van der Waals surface area contributed by atoms with Crippen LogP contribution in [0.15, 0.2) is 30.3 Å². The van der Waals surface area contributed by atoms with E-state index in [0.717, 1.165) is 39.1 Å². The van der Waals surface area contributed by atoms with Crippen molar-refractivity contribution in [1.82, 2.24) is 9.80 Å². The first kappa shape index (κ1) is 15.0. The van der Waals surface area contributed by atoms with Gasteiger partial charge < -0.3 is 10.6 Å². The van der Waals surface area contributed by atoms with E-state index in [1.807, 2.05) is 17.9 Å². The Balaban J connectivity index is 1.73. The van der Waals surface area contributed by atoms with E-state index in [1.54, 1.807) is 0 Å². The quantitative estimate of drug-likeness (QED) is 0.885. The molecule has 0 aliphatic carbocycles. The summed E-state index contributed by atoms with van der Waals surface area (Å²) in [4.78, 5) is 16.4. The number of hydrogen-bond acceptors (Lipinski definition) is 3. The van der Waals surface area contributed by atoms with E-state index in [2.05, 4.69) is 29.2 Å². The fraction of sp³-hybridized carbons (Fsp3) is 0.562. The number of carbonyl (C=O) groups excluding carboxylic acids is 1. The number of amides is 1. The van der Waals surface area contributed by atoms with Gasteiger partial charge in [0.2, 0.25) is 5.91 Å². The molecule has 2 rings (SSSR count). The van der Waals surface area contributed by atoms with Crippen LogP contribution in [-0.2, 0) is 11.3 Å². The van der Waals surface area contributed by atoms with E-state index in [1.165, 1.54) is 5.56 Å². The Morgan fingerprint density at radius 1 is 1.20 bits per heavy atom. The summed E-state index contributed by atoms with van der Waals surface area (Å²) in [6.07, 6.45) is 1.36. The van der Waals surface area contributed by atoms with E-state index in [4.69, 9.17) is 5.73 Å². The Labute approximate surface area is 121 Å². The van der Waals surface area contributed by atoms with Crippen LogP contribution >= 0.6 is 0 Å². The molecule has 1 amide bonds. The summed E-state index contributed by atoms with van der Waals surface area (Å²) in [5.74, 6) is 0.252. The van der Waals surface area contributed by atoms with E-state index in [9.17, 15) is 4.79 Å². The van der Waals surface area contributed by atoms with Gasteiger partial charge in [0.15, 0.2) is 0 Å². The summed E-state index contributed by atoms with van der Waals surface area (Å²) >= 11 is 0. The number of carbonyl (C=O) groups is 1. The summed E-state index contributed by atoms with van der Waals surface area (Å²) in [7, 11) is 0. The van der Waals surface area contributed by atoms with Gasteiger partial charge in [-0.1, -0.05) is 30.3 Å². The smallest absolute Gasteiger partial charge is 0.222 e. The highest BCUT2D eigenvalue weighted by Gasteiger charge is 2.20. The minimum atomic E-state index is 0.110. The molecule has 1 saturated heterocycles. The SMILES string of the molecule is CC(N)CCC(=O)N1CCN(Cc2ccccc2)CC1. The Morgan fingerprint density at radius 3 is 2.45 bits per heavy atom. The van der Waals surface area contributed by atoms with Crippen LogP contribution in [-0.4, -0.2) is 47.9 Å². The standard InChI is InChI=1S/C16H25N3O/c1-14(17)7-8-16(20)19-11-9-18(10-12-19)13-15-5-3-2-4-6-15/h2-6,14H,7-13,17H2,1H3. The van der Waals surface area contributed by atoms with Crippen LogP contribution in [0.4, 0.5) is 0 Å². The molecule has 1 aliphatic rings. The first-order chi connectivity index (χ1) is 9.65. The van der Waals surface area contributed by atoms with E-state index in [-0.39, 0.29) is 11.9 Å². The van der Waals surface area contributed by atoms with Gasteiger partial charge in [-0.15, -0.1) is 0 Å². The molecule has 0 radical (unpaired) electrons. The van der Waals surface area contributed by atoms with Crippen LogP contribution in [0.1, 0.15) is 25.3 Å². The zero-order chi connectivity index (χ0) is 14.4. The molecule has 4 nitrogen and oxygen atoms in total. The molecule has 1 fully saturated rings. The second kappa shape index (κ2) is 7.41. The monoisotopic (exact) mass is 275 g/mol. The van der Waals surface area contributed by atoms with Crippen LogP contribution in [0.25, 0.3) is 0 Å². The minimum absolute atomic E-state index is 0.110. The van der Waals surface area contributed by atoms with E-state index in [0.29, 0.717) is 6.42 Å². The molecular weight excluding hydrogens is 250 g/mol. The predicted octanol–water partition coefficient (Wildman–Crippen LogP) is 1.46.